The summed E-state index contributed by atoms with van der Waals surface area (Å²) in [5.74, 6) is 0. The van der Waals surface area contributed by atoms with E-state index in [2.05, 4.69) is 0 Å². The molecular formula is C10H9F4N. The summed E-state index contributed by atoms with van der Waals surface area (Å²) in [4.78, 5) is 0.290. The van der Waals surface area contributed by atoms with E-state index in [1.807, 2.05) is 0 Å². The fourth-order valence-corrected chi connectivity index (χ4v) is 1.78. The normalized spacial score (nSPS) is 21.3. The highest BCUT2D eigenvalue weighted by Crippen LogP contribution is 2.40. The van der Waals surface area contributed by atoms with Crippen molar-refractivity contribution in [3.8, 4) is 0 Å². The van der Waals surface area contributed by atoms with Crippen LogP contribution in [0.2, 0.25) is 0 Å². The summed E-state index contributed by atoms with van der Waals surface area (Å²) in [5.41, 5.74) is 0.0600. The molecule has 0 aliphatic carbocycles. The molecule has 82 valence electrons. The molecule has 1 aromatic rings. The Kier molecular flexibility index (Phi) is 2.32. The van der Waals surface area contributed by atoms with Crippen molar-refractivity contribution in [1.82, 2.24) is 0 Å². The van der Waals surface area contributed by atoms with Crippen molar-refractivity contribution in [2.45, 2.75) is 18.9 Å². The lowest BCUT2D eigenvalue weighted by Crippen LogP contribution is -2.41. The van der Waals surface area contributed by atoms with Crippen molar-refractivity contribution in [1.29, 1.82) is 0 Å². The van der Waals surface area contributed by atoms with Gasteiger partial charge >= 0.3 is 6.30 Å². The Morgan fingerprint density at radius 1 is 1.20 bits per heavy atom. The first-order chi connectivity index (χ1) is 7.00. The van der Waals surface area contributed by atoms with Crippen LogP contribution in [0.1, 0.15) is 18.2 Å². The van der Waals surface area contributed by atoms with Gasteiger partial charge < -0.3 is 0 Å². The van der Waals surface area contributed by atoms with Gasteiger partial charge in [-0.1, -0.05) is 18.2 Å². The summed E-state index contributed by atoms with van der Waals surface area (Å²) < 4.78 is 51.0. The van der Waals surface area contributed by atoms with Gasteiger partial charge in [-0.3, -0.25) is 4.90 Å². The minimum atomic E-state index is -4.43. The van der Waals surface area contributed by atoms with Crippen LogP contribution in [0.4, 0.5) is 23.2 Å². The molecule has 0 aromatic heterocycles. The van der Waals surface area contributed by atoms with Gasteiger partial charge in [0.1, 0.15) is 6.17 Å². The van der Waals surface area contributed by atoms with E-state index in [4.69, 9.17) is 0 Å². The molecule has 0 saturated heterocycles. The molecule has 0 bridgehead atoms. The molecule has 1 heterocycles. The van der Waals surface area contributed by atoms with Crippen molar-refractivity contribution >= 4 is 5.69 Å². The number of anilines is 1. The Balaban J connectivity index is 2.45. The third-order valence-electron chi connectivity index (χ3n) is 2.48. The quantitative estimate of drug-likeness (QED) is 0.477. The molecule has 15 heavy (non-hydrogen) atoms. The molecule has 0 radical (unpaired) electrons. The van der Waals surface area contributed by atoms with E-state index < -0.39 is 12.5 Å². The van der Waals surface area contributed by atoms with E-state index in [0.717, 1.165) is 0 Å². The van der Waals surface area contributed by atoms with Gasteiger partial charge in [-0.25, -0.2) is 4.39 Å². The first-order valence-electron chi connectivity index (χ1n) is 4.57. The molecule has 1 aliphatic rings. The molecule has 1 atom stereocenters. The van der Waals surface area contributed by atoms with E-state index in [9.17, 15) is 17.6 Å². The molecule has 5 heteroatoms. The maximum atomic E-state index is 13.3. The molecule has 1 aliphatic heterocycles. The smallest absolute Gasteiger partial charge is 0.284 e. The lowest BCUT2D eigenvalue weighted by Gasteiger charge is -2.33. The van der Waals surface area contributed by atoms with Crippen LogP contribution in [-0.4, -0.2) is 12.8 Å². The molecular weight excluding hydrogens is 210 g/mol. The average molecular weight is 219 g/mol. The van der Waals surface area contributed by atoms with E-state index in [-0.39, 0.29) is 24.2 Å². The summed E-state index contributed by atoms with van der Waals surface area (Å²) in [6.07, 6.45) is -5.84. The number of halogens is 4. The zero-order valence-electron chi connectivity index (χ0n) is 7.76. The third kappa shape index (κ3) is 1.78. The van der Waals surface area contributed by atoms with Gasteiger partial charge in [0.15, 0.2) is 0 Å². The standard InChI is InChI=1S/C10H9F4N/c11-8-5-6-15(10(12,13)14)9-4-2-1-3-7(8)9/h1-4,8H,5-6H2. The molecule has 0 fully saturated rings. The first kappa shape index (κ1) is 10.3. The minimum Gasteiger partial charge on any atom is -0.284 e. The average Bonchev–Trinajstić information content (AvgIpc) is 2.17. The number of fused-ring (bicyclic) bond motifs is 1. The Morgan fingerprint density at radius 3 is 2.53 bits per heavy atom. The molecule has 0 saturated carbocycles. The lowest BCUT2D eigenvalue weighted by atomic mass is 10.0. The van der Waals surface area contributed by atoms with Gasteiger partial charge in [0.05, 0.1) is 5.69 Å². The highest BCUT2D eigenvalue weighted by Gasteiger charge is 2.41. The van der Waals surface area contributed by atoms with Gasteiger partial charge in [0.25, 0.3) is 0 Å². The summed E-state index contributed by atoms with van der Waals surface area (Å²) in [7, 11) is 0. The number of rotatable bonds is 0. The van der Waals surface area contributed by atoms with Crippen LogP contribution in [0.15, 0.2) is 24.3 Å². The van der Waals surface area contributed by atoms with E-state index in [1.54, 1.807) is 6.07 Å². The fourth-order valence-electron chi connectivity index (χ4n) is 1.78. The third-order valence-corrected chi connectivity index (χ3v) is 2.48. The van der Waals surface area contributed by atoms with E-state index in [0.29, 0.717) is 4.90 Å². The van der Waals surface area contributed by atoms with Gasteiger partial charge in [0, 0.05) is 18.5 Å². The van der Waals surface area contributed by atoms with Crippen LogP contribution < -0.4 is 4.90 Å². The van der Waals surface area contributed by atoms with Crippen molar-refractivity contribution in [2.24, 2.45) is 0 Å². The summed E-state index contributed by atoms with van der Waals surface area (Å²) in [6, 6.07) is 5.73. The van der Waals surface area contributed by atoms with E-state index >= 15 is 0 Å². The number of para-hydroxylation sites is 1. The molecule has 1 unspecified atom stereocenters. The maximum Gasteiger partial charge on any atom is 0.484 e. The van der Waals surface area contributed by atoms with Gasteiger partial charge in [-0.15, -0.1) is 0 Å². The second-order valence-corrected chi connectivity index (χ2v) is 3.43. The Hall–Kier alpha value is -1.26. The van der Waals surface area contributed by atoms with Crippen molar-refractivity contribution < 1.29 is 17.6 Å². The molecule has 1 aromatic carbocycles. The SMILES string of the molecule is FC1CCN(C(F)(F)F)c2ccccc21. The molecule has 2 rings (SSSR count). The topological polar surface area (TPSA) is 3.24 Å². The van der Waals surface area contributed by atoms with Crippen LogP contribution in [0.25, 0.3) is 0 Å². The zero-order chi connectivity index (χ0) is 11.1. The molecule has 0 amide bonds. The maximum absolute atomic E-state index is 13.3. The second kappa shape index (κ2) is 3.40. The monoisotopic (exact) mass is 219 g/mol. The predicted octanol–water partition coefficient (Wildman–Crippen LogP) is 3.43. The highest BCUT2D eigenvalue weighted by atomic mass is 19.4. The van der Waals surface area contributed by atoms with Crippen LogP contribution in [0, 0.1) is 0 Å². The predicted molar refractivity (Wildman–Crippen MR) is 48.3 cm³/mol. The zero-order valence-corrected chi connectivity index (χ0v) is 7.76. The number of benzene rings is 1. The van der Waals surface area contributed by atoms with Crippen LogP contribution in [-0.2, 0) is 0 Å². The van der Waals surface area contributed by atoms with Crippen molar-refractivity contribution in [2.75, 3.05) is 11.4 Å². The molecule has 0 spiro atoms. The van der Waals surface area contributed by atoms with Crippen molar-refractivity contribution in [3.63, 3.8) is 0 Å². The Bertz CT molecular complexity index is 361. The highest BCUT2D eigenvalue weighted by molar-refractivity contribution is 5.57. The Labute approximate surface area is 84.3 Å². The molecule has 1 nitrogen and oxygen atoms in total. The summed E-state index contributed by atoms with van der Waals surface area (Å²) in [6.45, 7) is -0.318. The number of alkyl halides is 4. The first-order valence-corrected chi connectivity index (χ1v) is 4.57. The lowest BCUT2D eigenvalue weighted by molar-refractivity contribution is -0.130. The summed E-state index contributed by atoms with van der Waals surface area (Å²) >= 11 is 0. The fraction of sp³-hybridized carbons (Fsp3) is 0.400. The van der Waals surface area contributed by atoms with Crippen LogP contribution >= 0.6 is 0 Å². The minimum absolute atomic E-state index is 0.0660. The second-order valence-electron chi connectivity index (χ2n) is 3.43. The Morgan fingerprint density at radius 2 is 1.87 bits per heavy atom. The largest absolute Gasteiger partial charge is 0.484 e. The number of nitrogens with zero attached hydrogens (tertiary/aromatic N) is 1. The number of hydrogen-bond donors (Lipinski definition) is 0. The van der Waals surface area contributed by atoms with Crippen LogP contribution in [0.3, 0.4) is 0 Å². The van der Waals surface area contributed by atoms with Gasteiger partial charge in [-0.05, 0) is 6.07 Å². The van der Waals surface area contributed by atoms with Gasteiger partial charge in [0.2, 0.25) is 0 Å². The van der Waals surface area contributed by atoms with Crippen LogP contribution in [0.5, 0.6) is 0 Å². The van der Waals surface area contributed by atoms with Crippen molar-refractivity contribution in [3.05, 3.63) is 29.8 Å². The number of hydrogen-bond acceptors (Lipinski definition) is 1. The summed E-state index contributed by atoms with van der Waals surface area (Å²) in [5, 5.41) is 0. The van der Waals surface area contributed by atoms with Gasteiger partial charge in [-0.2, -0.15) is 13.2 Å². The van der Waals surface area contributed by atoms with E-state index in [1.165, 1.54) is 18.2 Å². The molecule has 0 N–H and O–H groups in total.